The second kappa shape index (κ2) is 11.3. The van der Waals surface area contributed by atoms with Crippen molar-refractivity contribution in [2.45, 2.75) is 28.5 Å². The molecule has 0 aromatic heterocycles. The average molecular weight is 719 g/mol. The van der Waals surface area contributed by atoms with E-state index in [9.17, 15) is 44.5 Å². The third kappa shape index (κ3) is 4.42. The Morgan fingerprint density at radius 2 is 1.47 bits per heavy atom. The molecule has 3 fully saturated rings. The summed E-state index contributed by atoms with van der Waals surface area (Å²) in [5.74, 6) is -8.02. The van der Waals surface area contributed by atoms with Gasteiger partial charge in [0, 0.05) is 39.2 Å². The highest BCUT2D eigenvalue weighted by Crippen LogP contribution is 2.66. The number of allylic oxidation sites excluding steroid dienone is 2. The molecule has 6 rings (SSSR count). The molecule has 49 heavy (non-hydrogen) atoms. The van der Waals surface area contributed by atoms with E-state index in [-0.39, 0.29) is 47.0 Å². The van der Waals surface area contributed by atoms with Crippen LogP contribution in [0.3, 0.4) is 0 Å². The number of alkyl halides is 2. The summed E-state index contributed by atoms with van der Waals surface area (Å²) in [6.07, 6.45) is 1.28. The van der Waals surface area contributed by atoms with Gasteiger partial charge in [0.15, 0.2) is 26.9 Å². The van der Waals surface area contributed by atoms with Crippen LogP contribution in [0.1, 0.15) is 24.3 Å². The number of ether oxygens (including phenoxy) is 2. The number of anilines is 2. The summed E-state index contributed by atoms with van der Waals surface area (Å²) in [4.78, 5) is 76.8. The molecule has 2 aliphatic heterocycles. The fourth-order valence-corrected chi connectivity index (χ4v) is 8.93. The number of imide groups is 2. The number of phenols is 1. The highest BCUT2D eigenvalue weighted by Gasteiger charge is 2.76. The third-order valence-electron chi connectivity index (χ3n) is 10.0. The Balaban J connectivity index is 1.53. The number of nitrogens with zero attached hydrogens (tertiary/aromatic N) is 5. The number of fused-ring (bicyclic) bond motifs is 4. The van der Waals surface area contributed by atoms with E-state index in [2.05, 4.69) is 0 Å². The standard InChI is InChI=1S/C31H29Cl2N5O11/c1-34(2)24-18(37(44)45)10-14(11-19(24)38(46)47)36-26(40)16-7-6-15-17(22(16)27(36)41)12-30(32)28(42)35(3)29(43)31(30,33)23(15)13-8-20(48-4)25(39)21(9-13)49-5/h6,8-11,16-17,22-23,39H,7,12H2,1-5H3/t16-,17+,22-,23-,30+,31-/m0/s1. The second-order valence-electron chi connectivity index (χ2n) is 12.5. The summed E-state index contributed by atoms with van der Waals surface area (Å²) in [6, 6.07) is 4.69. The molecule has 6 atom stereocenters. The van der Waals surface area contributed by atoms with E-state index in [0.29, 0.717) is 10.5 Å². The van der Waals surface area contributed by atoms with Gasteiger partial charge in [-0.05, 0) is 36.5 Å². The Labute approximate surface area is 288 Å². The number of carbonyl (C=O) groups excluding carboxylic acids is 4. The molecule has 16 nitrogen and oxygen atoms in total. The van der Waals surface area contributed by atoms with Gasteiger partial charge in [-0.2, -0.15) is 0 Å². The quantitative estimate of drug-likeness (QED) is 0.144. The maximum Gasteiger partial charge on any atom is 0.301 e. The number of halogens is 2. The Morgan fingerprint density at radius 3 is 1.96 bits per heavy atom. The number of hydrogen-bond donors (Lipinski definition) is 1. The summed E-state index contributed by atoms with van der Waals surface area (Å²) in [6.45, 7) is 0. The zero-order valence-corrected chi connectivity index (χ0v) is 28.1. The normalized spacial score (nSPS) is 28.9. The number of rotatable bonds is 7. The van der Waals surface area contributed by atoms with Crippen molar-refractivity contribution in [3.8, 4) is 17.2 Å². The molecule has 18 heteroatoms. The lowest BCUT2D eigenvalue weighted by Gasteiger charge is -2.50. The van der Waals surface area contributed by atoms with Crippen molar-refractivity contribution in [2.75, 3.05) is 45.2 Å². The maximum atomic E-state index is 14.4. The van der Waals surface area contributed by atoms with Crippen molar-refractivity contribution in [2.24, 2.45) is 17.8 Å². The van der Waals surface area contributed by atoms with Crippen molar-refractivity contribution >= 4 is 69.6 Å². The lowest BCUT2D eigenvalue weighted by atomic mass is 9.56. The largest absolute Gasteiger partial charge is 0.502 e. The summed E-state index contributed by atoms with van der Waals surface area (Å²) in [7, 11) is 6.59. The van der Waals surface area contributed by atoms with Crippen molar-refractivity contribution in [3.05, 3.63) is 61.7 Å². The van der Waals surface area contributed by atoms with E-state index in [1.165, 1.54) is 52.4 Å². The number of methoxy groups -OCH3 is 2. The molecule has 2 heterocycles. The monoisotopic (exact) mass is 717 g/mol. The molecule has 4 amide bonds. The number of likely N-dealkylation sites (tertiary alicyclic amines) is 1. The topological polar surface area (TPSA) is 203 Å². The molecule has 0 bridgehead atoms. The highest BCUT2D eigenvalue weighted by molar-refractivity contribution is 6.53. The van der Waals surface area contributed by atoms with Gasteiger partial charge in [-0.15, -0.1) is 23.2 Å². The third-order valence-corrected chi connectivity index (χ3v) is 11.4. The number of nitro groups is 2. The molecule has 2 aromatic rings. The van der Waals surface area contributed by atoms with Crippen LogP contribution in [0.2, 0.25) is 0 Å². The number of benzene rings is 2. The van der Waals surface area contributed by atoms with E-state index in [4.69, 9.17) is 32.7 Å². The van der Waals surface area contributed by atoms with Crippen molar-refractivity contribution in [3.63, 3.8) is 0 Å². The number of amides is 4. The molecule has 0 spiro atoms. The second-order valence-corrected chi connectivity index (χ2v) is 13.8. The first kappa shape index (κ1) is 33.9. The molecule has 1 saturated carbocycles. The first-order valence-electron chi connectivity index (χ1n) is 14.8. The summed E-state index contributed by atoms with van der Waals surface area (Å²) >= 11 is 14.4. The molecule has 4 aliphatic rings. The summed E-state index contributed by atoms with van der Waals surface area (Å²) in [5, 5.41) is 34.7. The minimum atomic E-state index is -2.13. The van der Waals surface area contributed by atoms with Crippen LogP contribution in [-0.2, 0) is 19.2 Å². The van der Waals surface area contributed by atoms with E-state index in [0.717, 1.165) is 17.0 Å². The van der Waals surface area contributed by atoms with Crippen molar-refractivity contribution in [1.29, 1.82) is 0 Å². The zero-order valence-electron chi connectivity index (χ0n) is 26.6. The first-order valence-corrected chi connectivity index (χ1v) is 15.6. The van der Waals surface area contributed by atoms with Crippen LogP contribution in [0.25, 0.3) is 0 Å². The van der Waals surface area contributed by atoms with Gasteiger partial charge in [0.05, 0.1) is 41.6 Å². The summed E-state index contributed by atoms with van der Waals surface area (Å²) < 4.78 is 10.7. The van der Waals surface area contributed by atoms with Crippen molar-refractivity contribution < 1.29 is 43.6 Å². The number of aromatic hydroxyl groups is 1. The fourth-order valence-electron chi connectivity index (χ4n) is 7.91. The van der Waals surface area contributed by atoms with E-state index >= 15 is 0 Å². The van der Waals surface area contributed by atoms with Crippen LogP contribution in [-0.4, -0.2) is 88.6 Å². The van der Waals surface area contributed by atoms with Crippen molar-refractivity contribution in [1.82, 2.24) is 4.90 Å². The number of carbonyl (C=O) groups is 4. The first-order chi connectivity index (χ1) is 23.0. The van der Waals surface area contributed by atoms with Crippen LogP contribution in [0, 0.1) is 38.0 Å². The smallest absolute Gasteiger partial charge is 0.301 e. The molecule has 0 radical (unpaired) electrons. The van der Waals surface area contributed by atoms with Gasteiger partial charge in [0.2, 0.25) is 17.6 Å². The van der Waals surface area contributed by atoms with E-state index < -0.39 is 78.3 Å². The van der Waals surface area contributed by atoms with Crippen LogP contribution in [0.4, 0.5) is 22.7 Å². The molecule has 258 valence electrons. The van der Waals surface area contributed by atoms with Crippen LogP contribution >= 0.6 is 23.2 Å². The molecule has 0 unspecified atom stereocenters. The van der Waals surface area contributed by atoms with Gasteiger partial charge in [-0.3, -0.25) is 44.3 Å². The van der Waals surface area contributed by atoms with E-state index in [1.807, 2.05) is 0 Å². The van der Waals surface area contributed by atoms with E-state index in [1.54, 1.807) is 6.08 Å². The Kier molecular flexibility index (Phi) is 7.82. The summed E-state index contributed by atoms with van der Waals surface area (Å²) in [5.41, 5.74) is -1.40. The van der Waals surface area contributed by atoms with Gasteiger partial charge >= 0.3 is 11.4 Å². The van der Waals surface area contributed by atoms with Gasteiger partial charge in [-0.25, -0.2) is 4.90 Å². The lowest BCUT2D eigenvalue weighted by molar-refractivity contribution is -0.392. The average Bonchev–Trinajstić information content (AvgIpc) is 3.38. The molecule has 1 N–H and O–H groups in total. The molecular formula is C31H29Cl2N5O11. The number of nitro benzene ring substituents is 2. The molecule has 2 aromatic carbocycles. The van der Waals surface area contributed by atoms with Gasteiger partial charge < -0.3 is 19.5 Å². The SMILES string of the molecule is COc1cc([C@H]2C3=CC[C@@H]4C(=O)N(c5cc([N+](=O)[O-])c(N(C)C)c([N+](=O)[O-])c5)C(=O)[C@@H]4[C@@H]3C[C@@]3(Cl)C(=O)N(C)C(=O)[C@@]23Cl)cc(OC)c1O. The van der Waals surface area contributed by atoms with Gasteiger partial charge in [0.1, 0.15) is 0 Å². The molecule has 2 aliphatic carbocycles. The number of phenolic OH excluding ortho intramolecular Hbond substituents is 1. The minimum absolute atomic E-state index is 0.0410. The van der Waals surface area contributed by atoms with Crippen LogP contribution in [0.5, 0.6) is 17.2 Å². The Morgan fingerprint density at radius 1 is 0.918 bits per heavy atom. The highest BCUT2D eigenvalue weighted by atomic mass is 35.5. The predicted octanol–water partition coefficient (Wildman–Crippen LogP) is 3.49. The lowest BCUT2D eigenvalue weighted by Crippen LogP contribution is -2.60. The van der Waals surface area contributed by atoms with Gasteiger partial charge in [-0.1, -0.05) is 11.6 Å². The maximum absolute atomic E-state index is 14.4. The Bertz CT molecular complexity index is 1870. The Hall–Kier alpha value is -4.96. The molecular weight excluding hydrogens is 689 g/mol. The predicted molar refractivity (Wildman–Crippen MR) is 173 cm³/mol. The molecule has 2 saturated heterocycles. The van der Waals surface area contributed by atoms with Crippen LogP contribution in [0.15, 0.2) is 35.9 Å². The van der Waals surface area contributed by atoms with Crippen LogP contribution < -0.4 is 19.3 Å². The number of hydrogen-bond acceptors (Lipinski definition) is 12. The zero-order chi connectivity index (χ0) is 36.1. The fraction of sp³-hybridized carbons (Fsp3) is 0.419. The minimum Gasteiger partial charge on any atom is -0.502 e. The van der Waals surface area contributed by atoms with Gasteiger partial charge in [0.25, 0.3) is 11.8 Å².